The van der Waals surface area contributed by atoms with E-state index in [0.717, 1.165) is 44.6 Å². The van der Waals surface area contributed by atoms with Crippen LogP contribution in [0, 0.1) is 6.92 Å². The van der Waals surface area contributed by atoms with Gasteiger partial charge in [0.15, 0.2) is 0 Å². The summed E-state index contributed by atoms with van der Waals surface area (Å²) in [5.41, 5.74) is 2.25. The van der Waals surface area contributed by atoms with Crippen LogP contribution in [0.5, 0.6) is 0 Å². The van der Waals surface area contributed by atoms with Crippen LogP contribution in [0.25, 0.3) is 0 Å². The van der Waals surface area contributed by atoms with Gasteiger partial charge in [0, 0.05) is 19.6 Å². The molecule has 3 nitrogen and oxygen atoms in total. The Bertz CT molecular complexity index is 377. The highest BCUT2D eigenvalue weighted by Gasteiger charge is 2.19. The minimum Gasteiger partial charge on any atom is -0.388 e. The molecule has 0 saturated carbocycles. The Hall–Kier alpha value is -0.900. The van der Waals surface area contributed by atoms with Crippen LogP contribution in [0.3, 0.4) is 0 Å². The number of benzene rings is 1. The SMILES string of the molecule is CCC1CN(CCC(O)c2ccc(C)cc2)CCO1. The van der Waals surface area contributed by atoms with Gasteiger partial charge in [-0.3, -0.25) is 4.90 Å². The Morgan fingerprint density at radius 2 is 2.11 bits per heavy atom. The molecule has 19 heavy (non-hydrogen) atoms. The van der Waals surface area contributed by atoms with Crippen LogP contribution >= 0.6 is 0 Å². The van der Waals surface area contributed by atoms with Crippen LogP contribution in [0.4, 0.5) is 0 Å². The highest BCUT2D eigenvalue weighted by atomic mass is 16.5. The van der Waals surface area contributed by atoms with Crippen molar-refractivity contribution >= 4 is 0 Å². The number of aliphatic hydroxyl groups is 1. The third-order valence-corrected chi connectivity index (χ3v) is 3.86. The number of rotatable bonds is 5. The largest absolute Gasteiger partial charge is 0.388 e. The van der Waals surface area contributed by atoms with Gasteiger partial charge >= 0.3 is 0 Å². The minimum atomic E-state index is -0.358. The lowest BCUT2D eigenvalue weighted by Crippen LogP contribution is -2.42. The molecular weight excluding hydrogens is 238 g/mol. The maximum absolute atomic E-state index is 10.2. The quantitative estimate of drug-likeness (QED) is 0.886. The van der Waals surface area contributed by atoms with Crippen LogP contribution in [-0.2, 0) is 4.74 Å². The second kappa shape index (κ2) is 7.04. The first kappa shape index (κ1) is 14.5. The number of aliphatic hydroxyl groups excluding tert-OH is 1. The van der Waals surface area contributed by atoms with E-state index in [1.807, 2.05) is 12.1 Å². The van der Waals surface area contributed by atoms with E-state index >= 15 is 0 Å². The summed E-state index contributed by atoms with van der Waals surface area (Å²) in [7, 11) is 0. The topological polar surface area (TPSA) is 32.7 Å². The van der Waals surface area contributed by atoms with E-state index in [4.69, 9.17) is 4.74 Å². The van der Waals surface area contributed by atoms with E-state index in [1.165, 1.54) is 5.56 Å². The summed E-state index contributed by atoms with van der Waals surface area (Å²) < 4.78 is 5.66. The molecule has 2 atom stereocenters. The van der Waals surface area contributed by atoms with Crippen molar-refractivity contribution in [1.29, 1.82) is 0 Å². The molecule has 1 heterocycles. The summed E-state index contributed by atoms with van der Waals surface area (Å²) in [6, 6.07) is 8.16. The van der Waals surface area contributed by atoms with Gasteiger partial charge < -0.3 is 9.84 Å². The van der Waals surface area contributed by atoms with E-state index in [-0.39, 0.29) is 6.10 Å². The molecule has 2 unspecified atom stereocenters. The molecule has 0 amide bonds. The lowest BCUT2D eigenvalue weighted by molar-refractivity contribution is -0.0330. The maximum atomic E-state index is 10.2. The zero-order valence-electron chi connectivity index (χ0n) is 12.0. The average molecular weight is 263 g/mol. The van der Waals surface area contributed by atoms with Crippen molar-refractivity contribution in [3.05, 3.63) is 35.4 Å². The van der Waals surface area contributed by atoms with Crippen LogP contribution in [-0.4, -0.2) is 42.4 Å². The van der Waals surface area contributed by atoms with Gasteiger partial charge in [-0.1, -0.05) is 36.8 Å². The summed E-state index contributed by atoms with van der Waals surface area (Å²) in [6.07, 6.45) is 1.87. The lowest BCUT2D eigenvalue weighted by Gasteiger charge is -2.32. The monoisotopic (exact) mass is 263 g/mol. The Labute approximate surface area is 116 Å². The molecule has 0 radical (unpaired) electrons. The highest BCUT2D eigenvalue weighted by molar-refractivity contribution is 5.23. The summed E-state index contributed by atoms with van der Waals surface area (Å²) in [4.78, 5) is 2.40. The van der Waals surface area contributed by atoms with Crippen molar-refractivity contribution in [3.8, 4) is 0 Å². The van der Waals surface area contributed by atoms with Crippen LogP contribution in [0.1, 0.15) is 37.0 Å². The zero-order chi connectivity index (χ0) is 13.7. The second-order valence-electron chi connectivity index (χ2n) is 5.42. The molecule has 0 bridgehead atoms. The molecule has 0 aromatic heterocycles. The summed E-state index contributed by atoms with van der Waals surface area (Å²) >= 11 is 0. The molecule has 106 valence electrons. The third kappa shape index (κ3) is 4.30. The van der Waals surface area contributed by atoms with Crippen LogP contribution in [0.15, 0.2) is 24.3 Å². The second-order valence-corrected chi connectivity index (χ2v) is 5.42. The fourth-order valence-electron chi connectivity index (χ4n) is 2.49. The van der Waals surface area contributed by atoms with Gasteiger partial charge in [0.05, 0.1) is 18.8 Å². The van der Waals surface area contributed by atoms with E-state index < -0.39 is 0 Å². The normalized spacial score (nSPS) is 22.4. The smallest absolute Gasteiger partial charge is 0.0802 e. The van der Waals surface area contributed by atoms with Crippen molar-refractivity contribution in [3.63, 3.8) is 0 Å². The molecule has 1 aromatic rings. The molecule has 1 N–H and O–H groups in total. The van der Waals surface area contributed by atoms with Gasteiger partial charge in [-0.15, -0.1) is 0 Å². The van der Waals surface area contributed by atoms with Gasteiger partial charge in [0.25, 0.3) is 0 Å². The summed E-state index contributed by atoms with van der Waals surface area (Å²) in [6.45, 7) is 7.96. The van der Waals surface area contributed by atoms with E-state index in [1.54, 1.807) is 0 Å². The molecule has 3 heteroatoms. The fourth-order valence-corrected chi connectivity index (χ4v) is 2.49. The molecule has 0 aliphatic carbocycles. The Balaban J connectivity index is 1.79. The number of aryl methyl sites for hydroxylation is 1. The summed E-state index contributed by atoms with van der Waals surface area (Å²) in [5.74, 6) is 0. The fraction of sp³-hybridized carbons (Fsp3) is 0.625. The molecule has 1 fully saturated rings. The number of nitrogens with zero attached hydrogens (tertiary/aromatic N) is 1. The first-order chi connectivity index (χ1) is 9.19. The Kier molecular flexibility index (Phi) is 5.37. The first-order valence-electron chi connectivity index (χ1n) is 7.27. The van der Waals surface area contributed by atoms with Crippen molar-refractivity contribution < 1.29 is 9.84 Å². The van der Waals surface area contributed by atoms with Gasteiger partial charge in [-0.2, -0.15) is 0 Å². The van der Waals surface area contributed by atoms with Gasteiger partial charge in [-0.25, -0.2) is 0 Å². The van der Waals surface area contributed by atoms with E-state index in [2.05, 4.69) is 30.9 Å². The maximum Gasteiger partial charge on any atom is 0.0802 e. The van der Waals surface area contributed by atoms with Gasteiger partial charge in [0.2, 0.25) is 0 Å². The number of hydrogen-bond donors (Lipinski definition) is 1. The number of hydrogen-bond acceptors (Lipinski definition) is 3. The molecule has 0 spiro atoms. The van der Waals surface area contributed by atoms with Crippen LogP contribution in [0.2, 0.25) is 0 Å². The Morgan fingerprint density at radius 1 is 1.37 bits per heavy atom. The van der Waals surface area contributed by atoms with Gasteiger partial charge in [0.1, 0.15) is 0 Å². The number of ether oxygens (including phenoxy) is 1. The molecule has 1 aromatic carbocycles. The summed E-state index contributed by atoms with van der Waals surface area (Å²) in [5, 5.41) is 10.2. The molecule has 1 saturated heterocycles. The minimum absolute atomic E-state index is 0.358. The zero-order valence-corrected chi connectivity index (χ0v) is 12.0. The standard InChI is InChI=1S/C16H25NO2/c1-3-15-12-17(10-11-19-15)9-8-16(18)14-6-4-13(2)5-7-14/h4-7,15-16,18H,3,8-12H2,1-2H3. The molecule has 1 aliphatic heterocycles. The third-order valence-electron chi connectivity index (χ3n) is 3.86. The van der Waals surface area contributed by atoms with Crippen molar-refractivity contribution in [2.75, 3.05) is 26.2 Å². The Morgan fingerprint density at radius 3 is 2.79 bits per heavy atom. The first-order valence-corrected chi connectivity index (χ1v) is 7.27. The molecule has 1 aliphatic rings. The lowest BCUT2D eigenvalue weighted by atomic mass is 10.0. The highest BCUT2D eigenvalue weighted by Crippen LogP contribution is 2.18. The predicted molar refractivity (Wildman–Crippen MR) is 77.2 cm³/mol. The van der Waals surface area contributed by atoms with Crippen molar-refractivity contribution in [2.45, 2.75) is 38.9 Å². The predicted octanol–water partition coefficient (Wildman–Crippen LogP) is 2.53. The van der Waals surface area contributed by atoms with Crippen molar-refractivity contribution in [1.82, 2.24) is 4.90 Å². The van der Waals surface area contributed by atoms with Crippen LogP contribution < -0.4 is 0 Å². The van der Waals surface area contributed by atoms with Gasteiger partial charge in [-0.05, 0) is 25.3 Å². The molecular formula is C16H25NO2. The van der Waals surface area contributed by atoms with Crippen molar-refractivity contribution in [2.24, 2.45) is 0 Å². The number of morpholine rings is 1. The average Bonchev–Trinajstić information content (AvgIpc) is 2.46. The molecule has 2 rings (SSSR count). The van der Waals surface area contributed by atoms with E-state index in [0.29, 0.717) is 6.10 Å². The van der Waals surface area contributed by atoms with E-state index in [9.17, 15) is 5.11 Å².